The molecule has 0 amide bonds. The van der Waals surface area contributed by atoms with E-state index in [1.165, 1.54) is 18.6 Å². The van der Waals surface area contributed by atoms with Gasteiger partial charge >= 0.3 is 0 Å². The van der Waals surface area contributed by atoms with Gasteiger partial charge in [-0.15, -0.1) is 0 Å². The molecule has 1 aliphatic rings. The summed E-state index contributed by atoms with van der Waals surface area (Å²) in [5.41, 5.74) is 0.629. The van der Waals surface area contributed by atoms with Crippen LogP contribution in [0.25, 0.3) is 0 Å². The van der Waals surface area contributed by atoms with Gasteiger partial charge < -0.3 is 5.11 Å². The smallest absolute Gasteiger partial charge is 0.125 e. The minimum atomic E-state index is -0.863. The zero-order valence-corrected chi connectivity index (χ0v) is 10.1. The first-order valence-electron chi connectivity index (χ1n) is 6.10. The van der Waals surface area contributed by atoms with Gasteiger partial charge in [0, 0.05) is 5.56 Å². The van der Waals surface area contributed by atoms with Crippen molar-refractivity contribution in [3.63, 3.8) is 0 Å². The largest absolute Gasteiger partial charge is 0.378 e. The predicted molar refractivity (Wildman–Crippen MR) is 66.0 cm³/mol. The van der Waals surface area contributed by atoms with E-state index in [0.29, 0.717) is 5.56 Å². The van der Waals surface area contributed by atoms with Crippen molar-refractivity contribution in [1.82, 2.24) is 0 Å². The van der Waals surface area contributed by atoms with Crippen LogP contribution in [0, 0.1) is 24.6 Å². The van der Waals surface area contributed by atoms with Crippen LogP contribution in [-0.2, 0) is 0 Å². The molecule has 1 aromatic carbocycles. The van der Waals surface area contributed by atoms with Crippen LogP contribution in [0.1, 0.15) is 43.2 Å². The molecule has 0 aliphatic heterocycles. The number of aryl methyl sites for hydroxylation is 1. The lowest BCUT2D eigenvalue weighted by Gasteiger charge is -2.26. The van der Waals surface area contributed by atoms with Crippen molar-refractivity contribution in [3.8, 4) is 11.8 Å². The molecule has 1 N–H and O–H groups in total. The highest BCUT2D eigenvalue weighted by molar-refractivity contribution is 5.39. The van der Waals surface area contributed by atoms with Crippen molar-refractivity contribution in [2.24, 2.45) is 0 Å². The molecule has 0 saturated heterocycles. The Bertz CT molecular complexity index is 441. The number of aliphatic hydroxyl groups is 1. The molecular weight excluding hydrogens is 215 g/mol. The summed E-state index contributed by atoms with van der Waals surface area (Å²) in [7, 11) is 0. The summed E-state index contributed by atoms with van der Waals surface area (Å²) in [6.07, 6.45) is 4.67. The fourth-order valence-electron chi connectivity index (χ4n) is 2.26. The van der Waals surface area contributed by atoms with Crippen LogP contribution in [0.3, 0.4) is 0 Å². The van der Waals surface area contributed by atoms with Gasteiger partial charge in [-0.3, -0.25) is 0 Å². The summed E-state index contributed by atoms with van der Waals surface area (Å²) in [5.74, 6) is 5.53. The van der Waals surface area contributed by atoms with Gasteiger partial charge in [-0.2, -0.15) is 0 Å². The van der Waals surface area contributed by atoms with Gasteiger partial charge in [0.25, 0.3) is 0 Å². The summed E-state index contributed by atoms with van der Waals surface area (Å²) < 4.78 is 13.2. The van der Waals surface area contributed by atoms with Crippen LogP contribution < -0.4 is 0 Å². The van der Waals surface area contributed by atoms with E-state index in [0.717, 1.165) is 31.2 Å². The van der Waals surface area contributed by atoms with Gasteiger partial charge in [-0.1, -0.05) is 18.3 Å². The normalized spacial score (nSPS) is 18.3. The average molecular weight is 232 g/mol. The van der Waals surface area contributed by atoms with E-state index >= 15 is 0 Å². The molecule has 1 nitrogen and oxygen atoms in total. The minimum Gasteiger partial charge on any atom is -0.378 e. The van der Waals surface area contributed by atoms with Crippen LogP contribution in [0.2, 0.25) is 0 Å². The molecule has 2 rings (SSSR count). The van der Waals surface area contributed by atoms with Crippen LogP contribution in [0.15, 0.2) is 18.2 Å². The van der Waals surface area contributed by atoms with Crippen LogP contribution >= 0.6 is 0 Å². The number of benzene rings is 1. The van der Waals surface area contributed by atoms with E-state index in [2.05, 4.69) is 11.8 Å². The molecule has 0 heterocycles. The van der Waals surface area contributed by atoms with Crippen molar-refractivity contribution in [2.75, 3.05) is 0 Å². The molecule has 0 spiro atoms. The van der Waals surface area contributed by atoms with Gasteiger partial charge in [-0.05, 0) is 56.4 Å². The first-order chi connectivity index (χ1) is 8.07. The number of hydrogen-bond donors (Lipinski definition) is 1. The molecule has 17 heavy (non-hydrogen) atoms. The third-order valence-electron chi connectivity index (χ3n) is 3.16. The van der Waals surface area contributed by atoms with Gasteiger partial charge in [0.1, 0.15) is 11.4 Å². The number of halogens is 1. The van der Waals surface area contributed by atoms with Gasteiger partial charge in [0.2, 0.25) is 0 Å². The van der Waals surface area contributed by atoms with Gasteiger partial charge in [-0.25, -0.2) is 4.39 Å². The highest BCUT2D eigenvalue weighted by Gasteiger charge is 2.26. The highest BCUT2D eigenvalue weighted by atomic mass is 19.1. The summed E-state index contributed by atoms with van der Waals surface area (Å²) in [6.45, 7) is 1.84. The second-order valence-corrected chi connectivity index (χ2v) is 4.86. The lowest BCUT2D eigenvalue weighted by atomic mass is 9.85. The maximum atomic E-state index is 13.2. The van der Waals surface area contributed by atoms with Crippen molar-refractivity contribution < 1.29 is 9.50 Å². The van der Waals surface area contributed by atoms with Crippen LogP contribution in [-0.4, -0.2) is 10.7 Å². The standard InChI is InChI=1S/C15H17FO/c1-12-9-13(11-14(16)10-12)5-8-15(17)6-3-2-4-7-15/h9-11,17H,2-4,6-7H2,1H3. The monoisotopic (exact) mass is 232 g/mol. The molecule has 1 aliphatic carbocycles. The molecule has 0 aromatic heterocycles. The Morgan fingerprint density at radius 3 is 2.53 bits per heavy atom. The van der Waals surface area contributed by atoms with Crippen molar-refractivity contribution >= 4 is 0 Å². The maximum absolute atomic E-state index is 13.2. The quantitative estimate of drug-likeness (QED) is 0.681. The summed E-state index contributed by atoms with van der Waals surface area (Å²) in [5, 5.41) is 10.2. The fourth-order valence-corrected chi connectivity index (χ4v) is 2.26. The zero-order chi connectivity index (χ0) is 12.3. The molecule has 0 unspecified atom stereocenters. The van der Waals surface area contributed by atoms with Crippen molar-refractivity contribution in [2.45, 2.75) is 44.6 Å². The van der Waals surface area contributed by atoms with Crippen molar-refractivity contribution in [1.29, 1.82) is 0 Å². The van der Waals surface area contributed by atoms with Crippen LogP contribution in [0.5, 0.6) is 0 Å². The summed E-state index contributed by atoms with van der Waals surface area (Å²) >= 11 is 0. The number of hydrogen-bond acceptors (Lipinski definition) is 1. The van der Waals surface area contributed by atoms with E-state index in [4.69, 9.17) is 0 Å². The molecule has 0 bridgehead atoms. The Labute approximate surface area is 102 Å². The van der Waals surface area contributed by atoms with Crippen molar-refractivity contribution in [3.05, 3.63) is 35.1 Å². The second-order valence-electron chi connectivity index (χ2n) is 4.86. The Morgan fingerprint density at radius 2 is 1.88 bits per heavy atom. The Balaban J connectivity index is 2.19. The molecule has 1 saturated carbocycles. The molecule has 2 heteroatoms. The van der Waals surface area contributed by atoms with E-state index in [1.54, 1.807) is 0 Å². The SMILES string of the molecule is Cc1cc(F)cc(C#CC2(O)CCCCC2)c1. The Kier molecular flexibility index (Phi) is 3.49. The Hall–Kier alpha value is -1.33. The first-order valence-corrected chi connectivity index (χ1v) is 6.10. The lowest BCUT2D eigenvalue weighted by Crippen LogP contribution is -2.29. The van der Waals surface area contributed by atoms with E-state index in [9.17, 15) is 9.50 Å². The maximum Gasteiger partial charge on any atom is 0.125 e. The van der Waals surface area contributed by atoms with Gasteiger partial charge in [0.15, 0.2) is 0 Å². The highest BCUT2D eigenvalue weighted by Crippen LogP contribution is 2.27. The third kappa shape index (κ3) is 3.31. The van der Waals surface area contributed by atoms with E-state index in [1.807, 2.05) is 13.0 Å². The topological polar surface area (TPSA) is 20.2 Å². The van der Waals surface area contributed by atoms with Gasteiger partial charge in [0.05, 0.1) is 0 Å². The van der Waals surface area contributed by atoms with Crippen LogP contribution in [0.4, 0.5) is 4.39 Å². The fraction of sp³-hybridized carbons (Fsp3) is 0.467. The molecule has 0 atom stereocenters. The summed E-state index contributed by atoms with van der Waals surface area (Å²) in [6, 6.07) is 4.72. The number of rotatable bonds is 0. The lowest BCUT2D eigenvalue weighted by molar-refractivity contribution is 0.0610. The molecule has 0 radical (unpaired) electrons. The first kappa shape index (κ1) is 12.1. The summed E-state index contributed by atoms with van der Waals surface area (Å²) in [4.78, 5) is 0. The minimum absolute atomic E-state index is 0.273. The van der Waals surface area contributed by atoms with E-state index in [-0.39, 0.29) is 5.82 Å². The zero-order valence-electron chi connectivity index (χ0n) is 10.1. The third-order valence-corrected chi connectivity index (χ3v) is 3.16. The van der Waals surface area contributed by atoms with E-state index < -0.39 is 5.60 Å². The predicted octanol–water partition coefficient (Wildman–Crippen LogP) is 3.18. The second kappa shape index (κ2) is 4.89. The Morgan fingerprint density at radius 1 is 1.18 bits per heavy atom. The molecule has 1 fully saturated rings. The average Bonchev–Trinajstić information content (AvgIpc) is 2.26. The molecular formula is C15H17FO. The molecule has 90 valence electrons. The molecule has 1 aromatic rings.